The normalized spacial score (nSPS) is 18.1. The van der Waals surface area contributed by atoms with Gasteiger partial charge in [-0.05, 0) is 25.0 Å². The van der Waals surface area contributed by atoms with Crippen LogP contribution in [0.15, 0.2) is 21.9 Å². The fourth-order valence-corrected chi connectivity index (χ4v) is 6.26. The number of carbonyl (C=O) groups is 1. The monoisotopic (exact) mass is 364 g/mol. The van der Waals surface area contributed by atoms with Crippen LogP contribution in [0.1, 0.15) is 42.5 Å². The van der Waals surface area contributed by atoms with Crippen molar-refractivity contribution in [1.82, 2.24) is 0 Å². The summed E-state index contributed by atoms with van der Waals surface area (Å²) in [7, 11) is -5.29. The molecule has 0 radical (unpaired) electrons. The number of hydrogen-bond acceptors (Lipinski definition) is 4. The van der Waals surface area contributed by atoms with Crippen molar-refractivity contribution < 1.29 is 22.5 Å². The molecular formula is C14H17ClO5S2. The summed E-state index contributed by atoms with van der Waals surface area (Å²) in [4.78, 5) is 11.0. The summed E-state index contributed by atoms with van der Waals surface area (Å²) in [6, 6.07) is 2.32. The maximum absolute atomic E-state index is 12.8. The number of halogens is 1. The number of benzene rings is 1. The quantitative estimate of drug-likeness (QED) is 0.887. The van der Waals surface area contributed by atoms with Crippen LogP contribution in [0.2, 0.25) is 5.02 Å². The molecule has 1 atom stereocenters. The maximum Gasteiger partial charge on any atom is 0.337 e. The summed E-state index contributed by atoms with van der Waals surface area (Å²) < 4.78 is 36.7. The summed E-state index contributed by atoms with van der Waals surface area (Å²) in [5.74, 6) is -1.27. The Morgan fingerprint density at radius 1 is 1.27 bits per heavy atom. The van der Waals surface area contributed by atoms with E-state index in [4.69, 9.17) is 16.7 Å². The van der Waals surface area contributed by atoms with Crippen molar-refractivity contribution in [2.24, 2.45) is 0 Å². The Bertz CT molecular complexity index is 721. The first-order valence-electron chi connectivity index (χ1n) is 6.90. The highest BCUT2D eigenvalue weighted by molar-refractivity contribution is 7.92. The van der Waals surface area contributed by atoms with E-state index in [1.165, 1.54) is 6.07 Å². The van der Waals surface area contributed by atoms with E-state index in [0.29, 0.717) is 0 Å². The Morgan fingerprint density at radius 2 is 1.86 bits per heavy atom. The first-order valence-corrected chi connectivity index (χ1v) is 10.4. The van der Waals surface area contributed by atoms with Gasteiger partial charge in [0.2, 0.25) is 0 Å². The van der Waals surface area contributed by atoms with Crippen LogP contribution in [0.3, 0.4) is 0 Å². The lowest BCUT2D eigenvalue weighted by atomic mass is 10.0. The van der Waals surface area contributed by atoms with Gasteiger partial charge in [0, 0.05) is 11.5 Å². The molecule has 1 saturated carbocycles. The van der Waals surface area contributed by atoms with Crippen LogP contribution >= 0.6 is 11.6 Å². The molecular weight excluding hydrogens is 348 g/mol. The fourth-order valence-electron chi connectivity index (χ4n) is 2.63. The van der Waals surface area contributed by atoms with Gasteiger partial charge < -0.3 is 5.11 Å². The third kappa shape index (κ3) is 3.52. The van der Waals surface area contributed by atoms with Gasteiger partial charge >= 0.3 is 5.97 Å². The van der Waals surface area contributed by atoms with Gasteiger partial charge in [-0.2, -0.15) is 0 Å². The minimum Gasteiger partial charge on any atom is -0.478 e. The molecule has 0 aliphatic heterocycles. The van der Waals surface area contributed by atoms with Crippen LogP contribution in [0, 0.1) is 0 Å². The van der Waals surface area contributed by atoms with Crippen molar-refractivity contribution >= 4 is 38.2 Å². The molecule has 8 heteroatoms. The van der Waals surface area contributed by atoms with Crippen LogP contribution in [-0.4, -0.2) is 35.2 Å². The predicted octanol–water partition coefficient (Wildman–Crippen LogP) is 2.88. The summed E-state index contributed by atoms with van der Waals surface area (Å²) in [5, 5.41) is 8.72. The Labute approximate surface area is 137 Å². The van der Waals surface area contributed by atoms with Gasteiger partial charge in [-0.25, -0.2) is 13.2 Å². The predicted molar refractivity (Wildman–Crippen MR) is 84.8 cm³/mol. The highest BCUT2D eigenvalue weighted by atomic mass is 35.5. The van der Waals surface area contributed by atoms with E-state index in [-0.39, 0.29) is 25.6 Å². The average Bonchev–Trinajstić information content (AvgIpc) is 2.45. The second-order valence-corrected chi connectivity index (χ2v) is 9.42. The molecule has 5 nitrogen and oxygen atoms in total. The molecule has 1 aliphatic carbocycles. The molecule has 0 saturated heterocycles. The lowest BCUT2D eigenvalue weighted by Gasteiger charge is -2.23. The molecule has 0 amide bonds. The van der Waals surface area contributed by atoms with Crippen molar-refractivity contribution in [3.63, 3.8) is 0 Å². The first-order chi connectivity index (χ1) is 10.2. The maximum atomic E-state index is 12.8. The van der Waals surface area contributed by atoms with E-state index >= 15 is 0 Å². The number of sulfone groups is 1. The highest BCUT2D eigenvalue weighted by Crippen LogP contribution is 2.35. The van der Waals surface area contributed by atoms with E-state index in [9.17, 15) is 17.4 Å². The van der Waals surface area contributed by atoms with Gasteiger partial charge in [-0.1, -0.05) is 30.9 Å². The van der Waals surface area contributed by atoms with Gasteiger partial charge in [-0.3, -0.25) is 4.21 Å². The summed E-state index contributed by atoms with van der Waals surface area (Å²) in [5.41, 5.74) is -0.228. The van der Waals surface area contributed by atoms with Gasteiger partial charge in [0.15, 0.2) is 9.84 Å². The van der Waals surface area contributed by atoms with E-state index < -0.39 is 26.6 Å². The number of hydrogen-bond donors (Lipinski definition) is 1. The minimum atomic E-state index is -3.65. The van der Waals surface area contributed by atoms with E-state index in [1.807, 2.05) is 0 Å². The zero-order chi connectivity index (χ0) is 16.5. The topological polar surface area (TPSA) is 88.5 Å². The Hall–Kier alpha value is -0.920. The smallest absolute Gasteiger partial charge is 0.337 e. The zero-order valence-electron chi connectivity index (χ0n) is 12.0. The third-order valence-corrected chi connectivity index (χ3v) is 7.42. The Morgan fingerprint density at radius 3 is 2.36 bits per heavy atom. The van der Waals surface area contributed by atoms with Crippen molar-refractivity contribution in [3.8, 4) is 0 Å². The molecule has 1 N–H and O–H groups in total. The van der Waals surface area contributed by atoms with Crippen LogP contribution in [0.5, 0.6) is 0 Å². The molecule has 1 aromatic carbocycles. The summed E-state index contributed by atoms with van der Waals surface area (Å²) in [6.45, 7) is 0. The van der Waals surface area contributed by atoms with E-state index in [2.05, 4.69) is 0 Å². The number of aromatic carboxylic acids is 1. The lowest BCUT2D eigenvalue weighted by Crippen LogP contribution is -2.21. The van der Waals surface area contributed by atoms with Crippen molar-refractivity contribution in [1.29, 1.82) is 0 Å². The van der Waals surface area contributed by atoms with Crippen molar-refractivity contribution in [2.75, 3.05) is 6.26 Å². The molecule has 0 spiro atoms. The third-order valence-electron chi connectivity index (χ3n) is 3.75. The van der Waals surface area contributed by atoms with E-state index in [1.54, 1.807) is 0 Å². The van der Waals surface area contributed by atoms with Crippen LogP contribution < -0.4 is 0 Å². The number of carboxylic acids is 1. The molecule has 122 valence electrons. The number of carboxylic acid groups (broad SMARTS) is 1. The summed E-state index contributed by atoms with van der Waals surface area (Å²) in [6.07, 6.45) is 5.38. The molecule has 0 heterocycles. The largest absolute Gasteiger partial charge is 0.478 e. The zero-order valence-corrected chi connectivity index (χ0v) is 14.4. The average molecular weight is 365 g/mol. The standard InChI is InChI=1S/C14H17ClO5S2/c1-22(19,20)11-8-7-10(14(16)17)12(15)13(11)21(18)9-5-3-2-4-6-9/h7-9H,2-6H2,1H3,(H,16,17). The van der Waals surface area contributed by atoms with Gasteiger partial charge in [-0.15, -0.1) is 0 Å². The Balaban J connectivity index is 2.62. The molecule has 1 fully saturated rings. The van der Waals surface area contributed by atoms with Crippen LogP contribution in [0.25, 0.3) is 0 Å². The Kier molecular flexibility index (Phi) is 5.29. The highest BCUT2D eigenvalue weighted by Gasteiger charge is 2.30. The second-order valence-electron chi connectivity index (χ2n) is 5.39. The summed E-state index contributed by atoms with van der Waals surface area (Å²) >= 11 is 6.09. The lowest BCUT2D eigenvalue weighted by molar-refractivity contribution is 0.0696. The van der Waals surface area contributed by atoms with Crippen molar-refractivity contribution in [2.45, 2.75) is 47.1 Å². The van der Waals surface area contributed by atoms with Gasteiger partial charge in [0.05, 0.1) is 31.2 Å². The molecule has 1 aromatic rings. The van der Waals surface area contributed by atoms with Crippen LogP contribution in [0.4, 0.5) is 0 Å². The molecule has 0 aromatic heterocycles. The first kappa shape index (κ1) is 17.4. The fraction of sp³-hybridized carbons (Fsp3) is 0.500. The molecule has 22 heavy (non-hydrogen) atoms. The molecule has 0 bridgehead atoms. The van der Waals surface area contributed by atoms with Gasteiger partial charge in [0.1, 0.15) is 0 Å². The molecule has 2 rings (SSSR count). The minimum absolute atomic E-state index is 0.0593. The SMILES string of the molecule is CS(=O)(=O)c1ccc(C(=O)O)c(Cl)c1S(=O)C1CCCCC1. The second kappa shape index (κ2) is 6.68. The molecule has 1 aliphatic rings. The van der Waals surface area contributed by atoms with Gasteiger partial charge in [0.25, 0.3) is 0 Å². The van der Waals surface area contributed by atoms with Crippen molar-refractivity contribution in [3.05, 3.63) is 22.7 Å². The van der Waals surface area contributed by atoms with Crippen LogP contribution in [-0.2, 0) is 20.6 Å². The molecule has 1 unspecified atom stereocenters. The van der Waals surface area contributed by atoms with E-state index in [0.717, 1.165) is 44.4 Å². The number of rotatable bonds is 4.